The van der Waals surface area contributed by atoms with E-state index in [9.17, 15) is 18.4 Å². The van der Waals surface area contributed by atoms with Crippen molar-refractivity contribution >= 4 is 17.5 Å². The third-order valence-electron chi connectivity index (χ3n) is 4.30. The first kappa shape index (κ1) is 17.1. The van der Waals surface area contributed by atoms with Gasteiger partial charge in [0.1, 0.15) is 11.6 Å². The zero-order valence-corrected chi connectivity index (χ0v) is 13.5. The van der Waals surface area contributed by atoms with Gasteiger partial charge in [-0.05, 0) is 37.1 Å². The lowest BCUT2D eigenvalue weighted by Crippen LogP contribution is -2.41. The molecule has 2 aromatic rings. The van der Waals surface area contributed by atoms with Crippen molar-refractivity contribution in [2.45, 2.75) is 12.8 Å². The number of piperidine rings is 1. The molecule has 0 radical (unpaired) electrons. The molecule has 0 aliphatic carbocycles. The van der Waals surface area contributed by atoms with Crippen LogP contribution in [0.25, 0.3) is 0 Å². The maximum absolute atomic E-state index is 13.3. The molecule has 1 heterocycles. The van der Waals surface area contributed by atoms with Gasteiger partial charge in [-0.3, -0.25) is 9.59 Å². The van der Waals surface area contributed by atoms with Crippen LogP contribution in [0, 0.1) is 17.6 Å². The van der Waals surface area contributed by atoms with E-state index in [1.807, 2.05) is 30.3 Å². The van der Waals surface area contributed by atoms with Gasteiger partial charge in [-0.15, -0.1) is 0 Å². The fourth-order valence-corrected chi connectivity index (χ4v) is 2.97. The van der Waals surface area contributed by atoms with E-state index < -0.39 is 17.5 Å². The van der Waals surface area contributed by atoms with Crippen LogP contribution in [0.4, 0.5) is 14.5 Å². The minimum Gasteiger partial charge on any atom is -0.339 e. The highest BCUT2D eigenvalue weighted by molar-refractivity contribution is 5.95. The van der Waals surface area contributed by atoms with Crippen LogP contribution in [0.1, 0.15) is 23.2 Å². The first-order valence-electron chi connectivity index (χ1n) is 8.14. The second-order valence-electron chi connectivity index (χ2n) is 6.08. The number of nitrogens with one attached hydrogen (secondary N) is 1. The Morgan fingerprint density at radius 3 is 2.16 bits per heavy atom. The quantitative estimate of drug-likeness (QED) is 0.927. The lowest BCUT2D eigenvalue weighted by atomic mass is 9.95. The lowest BCUT2D eigenvalue weighted by Gasteiger charge is -2.31. The predicted molar refractivity (Wildman–Crippen MR) is 90.1 cm³/mol. The number of amides is 2. The van der Waals surface area contributed by atoms with E-state index in [2.05, 4.69) is 5.32 Å². The van der Waals surface area contributed by atoms with Gasteiger partial charge >= 0.3 is 0 Å². The molecule has 1 N–H and O–H groups in total. The summed E-state index contributed by atoms with van der Waals surface area (Å²) in [4.78, 5) is 26.2. The molecule has 0 unspecified atom stereocenters. The van der Waals surface area contributed by atoms with Gasteiger partial charge in [0.15, 0.2) is 0 Å². The summed E-state index contributed by atoms with van der Waals surface area (Å²) in [5.41, 5.74) is 0.728. The lowest BCUT2D eigenvalue weighted by molar-refractivity contribution is -0.121. The van der Waals surface area contributed by atoms with Crippen LogP contribution in [0.5, 0.6) is 0 Å². The van der Waals surface area contributed by atoms with Crippen LogP contribution in [0.15, 0.2) is 48.5 Å². The second kappa shape index (κ2) is 7.42. The highest BCUT2D eigenvalue weighted by Crippen LogP contribution is 2.21. The molecule has 130 valence electrons. The Balaban J connectivity index is 1.58. The molecule has 0 saturated carbocycles. The minimum atomic E-state index is -0.777. The molecule has 3 rings (SSSR count). The molecule has 1 aliphatic rings. The van der Waals surface area contributed by atoms with E-state index in [1.165, 1.54) is 4.90 Å². The normalized spacial score (nSPS) is 15.0. The maximum Gasteiger partial charge on any atom is 0.254 e. The van der Waals surface area contributed by atoms with E-state index >= 15 is 0 Å². The number of likely N-dealkylation sites (tertiary alicyclic amines) is 1. The Hall–Kier alpha value is -2.76. The number of hydrogen-bond donors (Lipinski definition) is 1. The number of anilines is 1. The van der Waals surface area contributed by atoms with Crippen molar-refractivity contribution < 1.29 is 18.4 Å². The van der Waals surface area contributed by atoms with Crippen molar-refractivity contribution in [2.75, 3.05) is 18.4 Å². The van der Waals surface area contributed by atoms with E-state index in [0.29, 0.717) is 25.9 Å². The van der Waals surface area contributed by atoms with Gasteiger partial charge in [0.2, 0.25) is 5.91 Å². The third-order valence-corrected chi connectivity index (χ3v) is 4.30. The molecule has 4 nitrogen and oxygen atoms in total. The zero-order chi connectivity index (χ0) is 17.8. The molecular weight excluding hydrogens is 326 g/mol. The summed E-state index contributed by atoms with van der Waals surface area (Å²) in [6, 6.07) is 12.0. The average Bonchev–Trinajstić information content (AvgIpc) is 2.61. The number of benzene rings is 2. The summed E-state index contributed by atoms with van der Waals surface area (Å²) in [5.74, 6) is -2.23. The summed E-state index contributed by atoms with van der Waals surface area (Å²) in [6.45, 7) is 0.758. The molecule has 1 saturated heterocycles. The van der Waals surface area contributed by atoms with E-state index in [1.54, 1.807) is 0 Å². The molecule has 0 aromatic heterocycles. The molecule has 1 aliphatic heterocycles. The molecule has 0 bridgehead atoms. The third kappa shape index (κ3) is 4.21. The Labute approximate surface area is 144 Å². The smallest absolute Gasteiger partial charge is 0.254 e. The number of halogens is 2. The fourth-order valence-electron chi connectivity index (χ4n) is 2.97. The van der Waals surface area contributed by atoms with Crippen LogP contribution < -0.4 is 5.32 Å². The number of para-hydroxylation sites is 1. The summed E-state index contributed by atoms with van der Waals surface area (Å²) < 4.78 is 26.5. The van der Waals surface area contributed by atoms with Gasteiger partial charge in [-0.1, -0.05) is 18.2 Å². The van der Waals surface area contributed by atoms with Crippen molar-refractivity contribution in [3.05, 3.63) is 65.7 Å². The Morgan fingerprint density at radius 1 is 0.960 bits per heavy atom. The number of carbonyl (C=O) groups excluding carboxylic acids is 2. The van der Waals surface area contributed by atoms with Crippen molar-refractivity contribution in [3.63, 3.8) is 0 Å². The van der Waals surface area contributed by atoms with Crippen molar-refractivity contribution in [2.24, 2.45) is 5.92 Å². The average molecular weight is 344 g/mol. The predicted octanol–water partition coefficient (Wildman–Crippen LogP) is 3.46. The minimum absolute atomic E-state index is 0.00955. The Bertz CT molecular complexity index is 752. The Morgan fingerprint density at radius 2 is 1.56 bits per heavy atom. The fraction of sp³-hybridized carbons (Fsp3) is 0.263. The summed E-state index contributed by atoms with van der Waals surface area (Å²) in [5, 5.41) is 2.86. The molecule has 25 heavy (non-hydrogen) atoms. The number of hydrogen-bond acceptors (Lipinski definition) is 2. The van der Waals surface area contributed by atoms with Crippen LogP contribution in [-0.2, 0) is 4.79 Å². The molecule has 0 spiro atoms. The van der Waals surface area contributed by atoms with Gasteiger partial charge < -0.3 is 10.2 Å². The van der Waals surface area contributed by atoms with E-state index in [4.69, 9.17) is 0 Å². The first-order valence-corrected chi connectivity index (χ1v) is 8.14. The summed E-state index contributed by atoms with van der Waals surface area (Å²) >= 11 is 0. The molecule has 6 heteroatoms. The van der Waals surface area contributed by atoms with Gasteiger partial charge in [-0.25, -0.2) is 8.78 Å². The maximum atomic E-state index is 13.3. The summed E-state index contributed by atoms with van der Waals surface area (Å²) in [7, 11) is 0. The second-order valence-corrected chi connectivity index (χ2v) is 6.08. The van der Waals surface area contributed by atoms with Gasteiger partial charge in [0, 0.05) is 36.3 Å². The van der Waals surface area contributed by atoms with Crippen molar-refractivity contribution in [3.8, 4) is 0 Å². The molecule has 0 atom stereocenters. The molecular formula is C19H18F2N2O2. The topological polar surface area (TPSA) is 49.4 Å². The van der Waals surface area contributed by atoms with Crippen LogP contribution in [0.3, 0.4) is 0 Å². The largest absolute Gasteiger partial charge is 0.339 e. The van der Waals surface area contributed by atoms with Crippen LogP contribution in [-0.4, -0.2) is 29.8 Å². The van der Waals surface area contributed by atoms with Gasteiger partial charge in [0.25, 0.3) is 5.91 Å². The highest BCUT2D eigenvalue weighted by atomic mass is 19.1. The SMILES string of the molecule is O=C(Nc1ccccc1)C1CCN(C(=O)c2cc(F)cc(F)c2)CC1. The van der Waals surface area contributed by atoms with E-state index in [0.717, 1.165) is 23.9 Å². The standard InChI is InChI=1S/C19H18F2N2O2/c20-15-10-14(11-16(21)12-15)19(25)23-8-6-13(7-9-23)18(24)22-17-4-2-1-3-5-17/h1-5,10-13H,6-9H2,(H,22,24). The zero-order valence-electron chi connectivity index (χ0n) is 13.5. The van der Waals surface area contributed by atoms with E-state index in [-0.39, 0.29) is 17.4 Å². The molecule has 2 aromatic carbocycles. The van der Waals surface area contributed by atoms with Crippen molar-refractivity contribution in [1.29, 1.82) is 0 Å². The Kier molecular flexibility index (Phi) is 5.07. The number of nitrogens with zero attached hydrogens (tertiary/aromatic N) is 1. The van der Waals surface area contributed by atoms with Crippen LogP contribution in [0.2, 0.25) is 0 Å². The molecule has 1 fully saturated rings. The number of carbonyl (C=O) groups is 2. The first-order chi connectivity index (χ1) is 12.0. The molecule has 2 amide bonds. The number of rotatable bonds is 3. The van der Waals surface area contributed by atoms with Gasteiger partial charge in [0.05, 0.1) is 0 Å². The summed E-state index contributed by atoms with van der Waals surface area (Å²) in [6.07, 6.45) is 1.03. The van der Waals surface area contributed by atoms with Crippen LogP contribution >= 0.6 is 0 Å². The highest BCUT2D eigenvalue weighted by Gasteiger charge is 2.28. The monoisotopic (exact) mass is 344 g/mol. The van der Waals surface area contributed by atoms with Crippen molar-refractivity contribution in [1.82, 2.24) is 4.90 Å². The van der Waals surface area contributed by atoms with Gasteiger partial charge in [-0.2, -0.15) is 0 Å².